The molecule has 0 saturated heterocycles. The van der Waals surface area contributed by atoms with E-state index in [1.54, 1.807) is 25.1 Å². The smallest absolute Gasteiger partial charge is 0.277 e. The zero-order valence-electron chi connectivity index (χ0n) is 15.3. The first kappa shape index (κ1) is 19.2. The van der Waals surface area contributed by atoms with Crippen LogP contribution in [-0.4, -0.2) is 27.8 Å². The van der Waals surface area contributed by atoms with E-state index in [0.717, 1.165) is 10.6 Å². The first-order valence-electron chi connectivity index (χ1n) is 8.18. The van der Waals surface area contributed by atoms with Gasteiger partial charge in [-0.05, 0) is 39.0 Å². The summed E-state index contributed by atoms with van der Waals surface area (Å²) in [5, 5.41) is 6.77. The molecule has 2 aromatic heterocycles. The van der Waals surface area contributed by atoms with Crippen LogP contribution in [0.3, 0.4) is 0 Å². The maximum absolute atomic E-state index is 12.7. The molecule has 0 saturated carbocycles. The Morgan fingerprint density at radius 2 is 2.11 bits per heavy atom. The van der Waals surface area contributed by atoms with Crippen LogP contribution in [0.1, 0.15) is 21.8 Å². The van der Waals surface area contributed by atoms with Gasteiger partial charge in [0.25, 0.3) is 5.56 Å². The number of carbonyl (C=O) groups excluding carboxylic acids is 1. The van der Waals surface area contributed by atoms with Gasteiger partial charge in [0.1, 0.15) is 5.75 Å². The molecule has 7 nitrogen and oxygen atoms in total. The highest BCUT2D eigenvalue weighted by Gasteiger charge is 2.19. The van der Waals surface area contributed by atoms with Gasteiger partial charge in [-0.15, -0.1) is 0 Å². The zero-order valence-corrected chi connectivity index (χ0v) is 16.9. The van der Waals surface area contributed by atoms with Crippen LogP contribution in [0.2, 0.25) is 5.02 Å². The fraction of sp³-hybridized carbons (Fsp3) is 0.278. The Bertz CT molecular complexity index is 1050. The van der Waals surface area contributed by atoms with Gasteiger partial charge in [0.2, 0.25) is 11.0 Å². The summed E-state index contributed by atoms with van der Waals surface area (Å²) < 4.78 is 6.60. The number of aromatic nitrogens is 3. The lowest BCUT2D eigenvalue weighted by atomic mass is 10.2. The molecular weight excluding hydrogens is 388 g/mol. The Morgan fingerprint density at radius 3 is 2.74 bits per heavy atom. The highest BCUT2D eigenvalue weighted by molar-refractivity contribution is 7.14. The van der Waals surface area contributed by atoms with E-state index in [1.807, 2.05) is 13.8 Å². The fourth-order valence-corrected chi connectivity index (χ4v) is 3.65. The summed E-state index contributed by atoms with van der Waals surface area (Å²) in [7, 11) is 1.51. The van der Waals surface area contributed by atoms with E-state index < -0.39 is 0 Å². The maximum Gasteiger partial charge on any atom is 0.277 e. The van der Waals surface area contributed by atoms with Gasteiger partial charge in [0, 0.05) is 21.2 Å². The summed E-state index contributed by atoms with van der Waals surface area (Å²) in [6, 6.07) is 4.93. The van der Waals surface area contributed by atoms with Crippen LogP contribution in [0, 0.1) is 20.8 Å². The third-order valence-corrected chi connectivity index (χ3v) is 5.47. The Balaban J connectivity index is 1.85. The SMILES string of the molecule is COc1ccc(Cl)cc1NC(=O)Cc1c(C)[nH]n(-c2nc(C)c(C)s2)c1=O. The minimum Gasteiger partial charge on any atom is -0.495 e. The van der Waals surface area contributed by atoms with Crippen molar-refractivity contribution >= 4 is 34.5 Å². The number of benzene rings is 1. The minimum absolute atomic E-state index is 0.0762. The quantitative estimate of drug-likeness (QED) is 0.679. The third kappa shape index (κ3) is 3.91. The van der Waals surface area contributed by atoms with Crippen molar-refractivity contribution in [1.82, 2.24) is 14.8 Å². The van der Waals surface area contributed by atoms with Crippen LogP contribution in [-0.2, 0) is 11.2 Å². The van der Waals surface area contributed by atoms with Crippen molar-refractivity contribution in [3.8, 4) is 10.9 Å². The lowest BCUT2D eigenvalue weighted by Gasteiger charge is -2.10. The normalized spacial score (nSPS) is 10.9. The molecule has 1 aromatic carbocycles. The number of carbonyl (C=O) groups is 1. The van der Waals surface area contributed by atoms with Gasteiger partial charge < -0.3 is 10.1 Å². The van der Waals surface area contributed by atoms with Crippen LogP contribution < -0.4 is 15.6 Å². The molecule has 3 rings (SSSR count). The number of halogens is 1. The molecule has 0 spiro atoms. The molecule has 3 aromatic rings. The van der Waals surface area contributed by atoms with Crippen molar-refractivity contribution in [1.29, 1.82) is 0 Å². The van der Waals surface area contributed by atoms with Gasteiger partial charge in [-0.1, -0.05) is 22.9 Å². The molecule has 0 bridgehead atoms. The second-order valence-electron chi connectivity index (χ2n) is 6.06. The van der Waals surface area contributed by atoms with Gasteiger partial charge in [-0.2, -0.15) is 4.68 Å². The van der Waals surface area contributed by atoms with Crippen molar-refractivity contribution in [2.45, 2.75) is 27.2 Å². The van der Waals surface area contributed by atoms with Crippen molar-refractivity contribution < 1.29 is 9.53 Å². The lowest BCUT2D eigenvalue weighted by molar-refractivity contribution is -0.115. The number of thiazole rings is 1. The highest BCUT2D eigenvalue weighted by atomic mass is 35.5. The van der Waals surface area contributed by atoms with E-state index in [4.69, 9.17) is 16.3 Å². The molecule has 0 fully saturated rings. The van der Waals surface area contributed by atoms with Gasteiger partial charge >= 0.3 is 0 Å². The topological polar surface area (TPSA) is 89.0 Å². The molecule has 27 heavy (non-hydrogen) atoms. The number of hydrogen-bond acceptors (Lipinski definition) is 5. The maximum atomic E-state index is 12.7. The number of ether oxygens (including phenoxy) is 1. The van der Waals surface area contributed by atoms with E-state index in [2.05, 4.69) is 15.4 Å². The average molecular weight is 407 g/mol. The van der Waals surface area contributed by atoms with Gasteiger partial charge in [0.05, 0.1) is 24.9 Å². The molecular formula is C18H19ClN4O3S. The summed E-state index contributed by atoms with van der Waals surface area (Å²) in [4.78, 5) is 30.7. The number of nitrogens with zero attached hydrogens (tertiary/aromatic N) is 2. The molecule has 2 N–H and O–H groups in total. The van der Waals surface area contributed by atoms with Gasteiger partial charge in [-0.25, -0.2) is 4.98 Å². The van der Waals surface area contributed by atoms with Crippen LogP contribution in [0.5, 0.6) is 5.75 Å². The summed E-state index contributed by atoms with van der Waals surface area (Å²) in [6.07, 6.45) is -0.0762. The van der Waals surface area contributed by atoms with Crippen LogP contribution >= 0.6 is 22.9 Å². The molecule has 0 atom stereocenters. The number of hydrogen-bond donors (Lipinski definition) is 2. The average Bonchev–Trinajstić information content (AvgIpc) is 3.08. The summed E-state index contributed by atoms with van der Waals surface area (Å²) >= 11 is 7.40. The zero-order chi connectivity index (χ0) is 19.7. The Kier molecular flexibility index (Phi) is 5.38. The first-order valence-corrected chi connectivity index (χ1v) is 9.38. The number of anilines is 1. The Morgan fingerprint density at radius 1 is 1.37 bits per heavy atom. The van der Waals surface area contributed by atoms with E-state index in [9.17, 15) is 9.59 Å². The fourth-order valence-electron chi connectivity index (χ4n) is 2.61. The number of nitrogens with one attached hydrogen (secondary N) is 2. The monoisotopic (exact) mass is 406 g/mol. The van der Waals surface area contributed by atoms with E-state index in [-0.39, 0.29) is 17.9 Å². The number of methoxy groups -OCH3 is 1. The summed E-state index contributed by atoms with van der Waals surface area (Å²) in [5.74, 6) is 0.151. The standard InChI is InChI=1S/C18H19ClN4O3S/c1-9-11(3)27-18(20-9)23-17(25)13(10(2)22-23)8-16(24)21-14-7-12(19)5-6-15(14)26-4/h5-7,22H,8H2,1-4H3,(H,21,24). The third-order valence-electron chi connectivity index (χ3n) is 4.17. The van der Waals surface area contributed by atoms with E-state index in [1.165, 1.54) is 23.1 Å². The highest BCUT2D eigenvalue weighted by Crippen LogP contribution is 2.27. The van der Waals surface area contributed by atoms with Crippen molar-refractivity contribution in [3.05, 3.63) is 55.4 Å². The molecule has 1 amide bonds. The number of aryl methyl sites for hydroxylation is 3. The Labute approximate surface area is 164 Å². The van der Waals surface area contributed by atoms with Crippen molar-refractivity contribution in [2.24, 2.45) is 0 Å². The predicted octanol–water partition coefficient (Wildman–Crippen LogP) is 3.39. The summed E-state index contributed by atoms with van der Waals surface area (Å²) in [6.45, 7) is 5.60. The minimum atomic E-state index is -0.339. The van der Waals surface area contributed by atoms with Crippen molar-refractivity contribution in [3.63, 3.8) is 0 Å². The first-order chi connectivity index (χ1) is 12.8. The number of rotatable bonds is 5. The number of aromatic amines is 1. The molecule has 142 valence electrons. The molecule has 0 radical (unpaired) electrons. The predicted molar refractivity (Wildman–Crippen MR) is 107 cm³/mol. The largest absolute Gasteiger partial charge is 0.495 e. The second kappa shape index (κ2) is 7.58. The van der Waals surface area contributed by atoms with Crippen LogP contribution in [0.4, 0.5) is 5.69 Å². The second-order valence-corrected chi connectivity index (χ2v) is 7.68. The molecule has 0 aliphatic rings. The molecule has 9 heteroatoms. The van der Waals surface area contributed by atoms with Crippen LogP contribution in [0.15, 0.2) is 23.0 Å². The van der Waals surface area contributed by atoms with Crippen molar-refractivity contribution in [2.75, 3.05) is 12.4 Å². The number of amides is 1. The van der Waals surface area contributed by atoms with E-state index in [0.29, 0.717) is 32.8 Å². The Hall–Kier alpha value is -2.58. The molecule has 0 aliphatic carbocycles. The van der Waals surface area contributed by atoms with Gasteiger partial charge in [-0.3, -0.25) is 14.7 Å². The van der Waals surface area contributed by atoms with Crippen LogP contribution in [0.25, 0.3) is 5.13 Å². The summed E-state index contributed by atoms with van der Waals surface area (Å²) in [5.41, 5.74) is 2.06. The van der Waals surface area contributed by atoms with Gasteiger partial charge in [0.15, 0.2) is 0 Å². The van der Waals surface area contributed by atoms with E-state index >= 15 is 0 Å². The lowest BCUT2D eigenvalue weighted by Crippen LogP contribution is -2.22. The molecule has 2 heterocycles. The number of H-pyrrole nitrogens is 1. The molecule has 0 aliphatic heterocycles. The molecule has 0 unspecified atom stereocenters.